The molecule has 0 aliphatic carbocycles. The van der Waals surface area contributed by atoms with Gasteiger partial charge in [0.05, 0.1) is 16.9 Å². The van der Waals surface area contributed by atoms with E-state index in [1.807, 2.05) is 25.2 Å². The van der Waals surface area contributed by atoms with E-state index in [0.717, 1.165) is 44.8 Å². The number of piperazine rings is 1. The van der Waals surface area contributed by atoms with Crippen LogP contribution in [0.3, 0.4) is 0 Å². The van der Waals surface area contributed by atoms with Crippen molar-refractivity contribution in [2.45, 2.75) is 18.9 Å². The zero-order chi connectivity index (χ0) is 19.7. The van der Waals surface area contributed by atoms with E-state index in [-0.39, 0.29) is 17.8 Å². The summed E-state index contributed by atoms with van der Waals surface area (Å²) in [5.74, 6) is 0.377. The molecular weight excluding hydrogens is 368 g/mol. The average Bonchev–Trinajstić information content (AvgIpc) is 3.04. The van der Waals surface area contributed by atoms with Crippen molar-refractivity contribution in [2.24, 2.45) is 0 Å². The lowest BCUT2D eigenvalue weighted by Gasteiger charge is -2.38. The Labute approximate surface area is 161 Å². The second-order valence-electron chi connectivity index (χ2n) is 7.17. The maximum absolute atomic E-state index is 12.5. The van der Waals surface area contributed by atoms with E-state index < -0.39 is 13.0 Å². The summed E-state index contributed by atoms with van der Waals surface area (Å²) in [6, 6.07) is 5.70. The van der Waals surface area contributed by atoms with Gasteiger partial charge in [0.1, 0.15) is 6.33 Å². The molecule has 9 heteroatoms. The summed E-state index contributed by atoms with van der Waals surface area (Å²) < 4.78 is 30.2. The van der Waals surface area contributed by atoms with Crippen molar-refractivity contribution < 1.29 is 18.3 Å². The van der Waals surface area contributed by atoms with Gasteiger partial charge in [0.25, 0.3) is 6.43 Å². The van der Waals surface area contributed by atoms with Gasteiger partial charge >= 0.3 is 0 Å². The van der Waals surface area contributed by atoms with Crippen molar-refractivity contribution in [1.29, 1.82) is 0 Å². The molecule has 0 bridgehead atoms. The fraction of sp³-hybridized carbons (Fsp3) is 0.526. The molecule has 4 rings (SSSR count). The highest BCUT2D eigenvalue weighted by atomic mass is 19.3. The van der Waals surface area contributed by atoms with Crippen LogP contribution in [0.2, 0.25) is 0 Å². The predicted octanol–water partition coefficient (Wildman–Crippen LogP) is 1.63. The van der Waals surface area contributed by atoms with E-state index in [9.17, 15) is 13.6 Å². The predicted molar refractivity (Wildman–Crippen MR) is 101 cm³/mol. The molecule has 7 nitrogen and oxygen atoms in total. The first kappa shape index (κ1) is 18.8. The monoisotopic (exact) mass is 391 g/mol. The van der Waals surface area contributed by atoms with Gasteiger partial charge in [0.15, 0.2) is 6.61 Å². The molecule has 0 radical (unpaired) electrons. The van der Waals surface area contributed by atoms with Crippen molar-refractivity contribution in [3.63, 3.8) is 0 Å². The minimum Gasteiger partial charge on any atom is -0.471 e. The summed E-state index contributed by atoms with van der Waals surface area (Å²) in [6.45, 7) is 3.32. The second-order valence-corrected chi connectivity index (χ2v) is 7.17. The molecule has 1 aromatic heterocycles. The third-order valence-electron chi connectivity index (χ3n) is 5.45. The van der Waals surface area contributed by atoms with Crippen LogP contribution in [0.5, 0.6) is 5.88 Å². The number of aromatic nitrogens is 2. The average molecular weight is 391 g/mol. The molecule has 28 heavy (non-hydrogen) atoms. The number of carbonyl (C=O) groups excluding carboxylic acids is 1. The van der Waals surface area contributed by atoms with E-state index in [4.69, 9.17) is 4.74 Å². The van der Waals surface area contributed by atoms with Crippen LogP contribution in [0.4, 0.5) is 14.5 Å². The molecule has 2 saturated heterocycles. The van der Waals surface area contributed by atoms with E-state index in [2.05, 4.69) is 19.8 Å². The Kier molecular flexibility index (Phi) is 5.25. The van der Waals surface area contributed by atoms with Crippen LogP contribution in [-0.2, 0) is 4.79 Å². The number of benzene rings is 1. The number of rotatable bonds is 5. The molecule has 3 heterocycles. The number of halogens is 2. The first-order valence-electron chi connectivity index (χ1n) is 9.42. The fourth-order valence-electron chi connectivity index (χ4n) is 3.91. The maximum Gasteiger partial charge on any atom is 0.272 e. The van der Waals surface area contributed by atoms with E-state index in [0.29, 0.717) is 10.9 Å². The van der Waals surface area contributed by atoms with E-state index in [1.54, 1.807) is 4.90 Å². The summed E-state index contributed by atoms with van der Waals surface area (Å²) in [7, 11) is 1.85. The van der Waals surface area contributed by atoms with Gasteiger partial charge in [0.2, 0.25) is 11.8 Å². The number of alkyl halides is 2. The van der Waals surface area contributed by atoms with Crippen LogP contribution < -0.4 is 9.64 Å². The Balaban J connectivity index is 1.47. The lowest BCUT2D eigenvalue weighted by molar-refractivity contribution is -0.131. The molecule has 1 atom stereocenters. The number of amides is 1. The first-order valence-corrected chi connectivity index (χ1v) is 9.42. The number of likely N-dealkylation sites (tertiary alicyclic amines) is 1. The maximum atomic E-state index is 12.5. The van der Waals surface area contributed by atoms with Gasteiger partial charge in [-0.05, 0) is 24.6 Å². The Morgan fingerprint density at radius 3 is 2.64 bits per heavy atom. The molecule has 2 aliphatic rings. The van der Waals surface area contributed by atoms with Gasteiger partial charge in [-0.3, -0.25) is 9.69 Å². The van der Waals surface area contributed by atoms with Crippen LogP contribution >= 0.6 is 0 Å². The lowest BCUT2D eigenvalue weighted by Crippen LogP contribution is -2.52. The summed E-state index contributed by atoms with van der Waals surface area (Å²) in [6.07, 6.45) is -0.358. The number of anilines is 1. The van der Waals surface area contributed by atoms with Crippen LogP contribution in [0, 0.1) is 0 Å². The van der Waals surface area contributed by atoms with Crippen LogP contribution in [0.15, 0.2) is 24.5 Å². The van der Waals surface area contributed by atoms with Crippen molar-refractivity contribution in [1.82, 2.24) is 19.8 Å². The summed E-state index contributed by atoms with van der Waals surface area (Å²) in [5.41, 5.74) is 1.62. The smallest absolute Gasteiger partial charge is 0.272 e. The van der Waals surface area contributed by atoms with Gasteiger partial charge in [-0.1, -0.05) is 0 Å². The largest absolute Gasteiger partial charge is 0.471 e. The molecule has 0 N–H and O–H groups in total. The Morgan fingerprint density at radius 1 is 1.18 bits per heavy atom. The van der Waals surface area contributed by atoms with Gasteiger partial charge < -0.3 is 14.5 Å². The van der Waals surface area contributed by atoms with Gasteiger partial charge in [-0.25, -0.2) is 18.7 Å². The standard InChI is InChI=1S/C19H23F2N5O2/c1-24-5-4-16(19(24)27)26-8-6-25(7-9-26)13-2-3-15-14(10-13)18(23-12-22-15)28-11-17(20)21/h2-3,10,12,16-17H,4-9,11H2,1H3. The van der Waals surface area contributed by atoms with Crippen molar-refractivity contribution in [3.8, 4) is 5.88 Å². The summed E-state index contributed by atoms with van der Waals surface area (Å²) in [4.78, 5) is 26.7. The quantitative estimate of drug-likeness (QED) is 0.772. The highest BCUT2D eigenvalue weighted by Gasteiger charge is 2.35. The van der Waals surface area contributed by atoms with Crippen LogP contribution in [0.25, 0.3) is 10.9 Å². The van der Waals surface area contributed by atoms with Crippen LogP contribution in [0.1, 0.15) is 6.42 Å². The lowest BCUT2D eigenvalue weighted by atomic mass is 10.1. The van der Waals surface area contributed by atoms with E-state index in [1.165, 1.54) is 6.33 Å². The third kappa shape index (κ3) is 3.71. The molecule has 0 saturated carbocycles. The first-order chi connectivity index (χ1) is 13.5. The molecule has 2 aromatic rings. The molecule has 1 aromatic carbocycles. The summed E-state index contributed by atoms with van der Waals surface area (Å²) >= 11 is 0. The minimum absolute atomic E-state index is 0.00787. The zero-order valence-electron chi connectivity index (χ0n) is 15.7. The topological polar surface area (TPSA) is 61.8 Å². The SMILES string of the molecule is CN1CCC(N2CCN(c3ccc4ncnc(OCC(F)F)c4c3)CC2)C1=O. The number of hydrogen-bond acceptors (Lipinski definition) is 6. The van der Waals surface area contributed by atoms with Gasteiger partial charge in [0, 0.05) is 45.5 Å². The normalized spacial score (nSPS) is 21.1. The minimum atomic E-state index is -2.56. The second kappa shape index (κ2) is 7.83. The van der Waals surface area contributed by atoms with Crippen molar-refractivity contribution in [2.75, 3.05) is 51.3 Å². The molecule has 1 amide bonds. The van der Waals surface area contributed by atoms with E-state index >= 15 is 0 Å². The highest BCUT2D eigenvalue weighted by Crippen LogP contribution is 2.28. The number of hydrogen-bond donors (Lipinski definition) is 0. The Hall–Kier alpha value is -2.55. The van der Waals surface area contributed by atoms with Crippen molar-refractivity contribution >= 4 is 22.5 Å². The number of nitrogens with zero attached hydrogens (tertiary/aromatic N) is 5. The molecule has 2 aliphatic heterocycles. The highest BCUT2D eigenvalue weighted by molar-refractivity contribution is 5.87. The molecule has 150 valence electrons. The zero-order valence-corrected chi connectivity index (χ0v) is 15.7. The Bertz CT molecular complexity index is 857. The fourth-order valence-corrected chi connectivity index (χ4v) is 3.91. The number of carbonyl (C=O) groups is 1. The Morgan fingerprint density at radius 2 is 1.96 bits per heavy atom. The number of fused-ring (bicyclic) bond motifs is 1. The third-order valence-corrected chi connectivity index (χ3v) is 5.45. The van der Waals surface area contributed by atoms with Gasteiger partial charge in [-0.15, -0.1) is 0 Å². The number of ether oxygens (including phenoxy) is 1. The van der Waals surface area contributed by atoms with Crippen LogP contribution in [-0.4, -0.2) is 84.5 Å². The number of likely N-dealkylation sites (N-methyl/N-ethyl adjacent to an activating group) is 1. The van der Waals surface area contributed by atoms with Gasteiger partial charge in [-0.2, -0.15) is 0 Å². The molecule has 2 fully saturated rings. The summed E-state index contributed by atoms with van der Waals surface area (Å²) in [5, 5.41) is 0.621. The molecule has 1 unspecified atom stereocenters. The van der Waals surface area contributed by atoms with Crippen molar-refractivity contribution in [3.05, 3.63) is 24.5 Å². The molecule has 0 spiro atoms. The molecular formula is C19H23F2N5O2.